The van der Waals surface area contributed by atoms with Crippen molar-refractivity contribution in [1.82, 2.24) is 9.73 Å². The van der Waals surface area contributed by atoms with Crippen molar-refractivity contribution in [3.63, 3.8) is 0 Å². The Hall–Kier alpha value is -2.16. The van der Waals surface area contributed by atoms with E-state index in [9.17, 15) is 13.2 Å². The quantitative estimate of drug-likeness (QED) is 0.414. The van der Waals surface area contributed by atoms with Crippen LogP contribution < -0.4 is 5.43 Å². The van der Waals surface area contributed by atoms with Crippen molar-refractivity contribution >= 4 is 33.4 Å². The number of nitrogens with zero attached hydrogens (tertiary/aromatic N) is 2. The SMILES string of the molecule is CC(=NNC(=O)CSc1ccc(C)cc1)c1ccc(S(=O)(=O)N2CCCC2)cc1. The van der Waals surface area contributed by atoms with Crippen molar-refractivity contribution in [3.05, 3.63) is 59.7 Å². The van der Waals surface area contributed by atoms with Crippen molar-refractivity contribution in [1.29, 1.82) is 0 Å². The molecule has 1 aliphatic heterocycles. The summed E-state index contributed by atoms with van der Waals surface area (Å²) in [5.41, 5.74) is 5.11. The molecule has 1 fully saturated rings. The first kappa shape index (κ1) is 21.5. The van der Waals surface area contributed by atoms with E-state index >= 15 is 0 Å². The molecule has 3 rings (SSSR count). The number of thioether (sulfide) groups is 1. The van der Waals surface area contributed by atoms with Crippen molar-refractivity contribution in [2.24, 2.45) is 5.10 Å². The highest BCUT2D eigenvalue weighted by atomic mass is 32.2. The Kier molecular flexibility index (Phi) is 7.10. The van der Waals surface area contributed by atoms with Crippen molar-refractivity contribution < 1.29 is 13.2 Å². The third-order valence-electron chi connectivity index (χ3n) is 4.71. The minimum absolute atomic E-state index is 0.192. The Labute approximate surface area is 176 Å². The maximum atomic E-state index is 12.6. The van der Waals surface area contributed by atoms with E-state index in [4.69, 9.17) is 0 Å². The molecule has 1 N–H and O–H groups in total. The molecular weight excluding hydrogens is 406 g/mol. The molecule has 8 heteroatoms. The number of amides is 1. The Morgan fingerprint density at radius 2 is 1.69 bits per heavy atom. The fourth-order valence-electron chi connectivity index (χ4n) is 2.97. The summed E-state index contributed by atoms with van der Waals surface area (Å²) >= 11 is 1.45. The normalized spacial score (nSPS) is 15.4. The monoisotopic (exact) mass is 431 g/mol. The highest BCUT2D eigenvalue weighted by Crippen LogP contribution is 2.21. The van der Waals surface area contributed by atoms with Crippen LogP contribution in [0.3, 0.4) is 0 Å². The first-order valence-electron chi connectivity index (χ1n) is 9.49. The Morgan fingerprint density at radius 1 is 1.07 bits per heavy atom. The van der Waals surface area contributed by atoms with Gasteiger partial charge in [-0.3, -0.25) is 4.79 Å². The number of aryl methyl sites for hydroxylation is 1. The van der Waals surface area contributed by atoms with Gasteiger partial charge in [0.15, 0.2) is 0 Å². The summed E-state index contributed by atoms with van der Waals surface area (Å²) in [6, 6.07) is 14.6. The van der Waals surface area contributed by atoms with Crippen LogP contribution in [-0.4, -0.2) is 43.2 Å². The predicted octanol–water partition coefficient (Wildman–Crippen LogP) is 3.41. The highest BCUT2D eigenvalue weighted by Gasteiger charge is 2.26. The van der Waals surface area contributed by atoms with Crippen molar-refractivity contribution in [2.75, 3.05) is 18.8 Å². The van der Waals surface area contributed by atoms with Gasteiger partial charge in [0.1, 0.15) is 0 Å². The second-order valence-corrected chi connectivity index (χ2v) is 9.96. The summed E-state index contributed by atoms with van der Waals surface area (Å²) in [6.07, 6.45) is 1.82. The van der Waals surface area contributed by atoms with E-state index in [0.29, 0.717) is 18.8 Å². The van der Waals surface area contributed by atoms with Crippen LogP contribution in [0.25, 0.3) is 0 Å². The molecule has 0 spiro atoms. The standard InChI is InChI=1S/C21H25N3O3S2/c1-16-5-9-19(10-6-16)28-15-21(25)23-22-17(2)18-7-11-20(12-8-18)29(26,27)24-13-3-4-14-24/h5-12H,3-4,13-15H2,1-2H3,(H,23,25). The summed E-state index contributed by atoms with van der Waals surface area (Å²) in [5, 5.41) is 4.13. The molecule has 1 amide bonds. The lowest BCUT2D eigenvalue weighted by Gasteiger charge is -2.15. The van der Waals surface area contributed by atoms with Crippen LogP contribution >= 0.6 is 11.8 Å². The van der Waals surface area contributed by atoms with Crippen LogP contribution in [0.2, 0.25) is 0 Å². The number of hydrogen-bond acceptors (Lipinski definition) is 5. The molecule has 0 aromatic heterocycles. The fraction of sp³-hybridized carbons (Fsp3) is 0.333. The van der Waals surface area contributed by atoms with E-state index in [0.717, 1.165) is 23.3 Å². The first-order chi connectivity index (χ1) is 13.9. The van der Waals surface area contributed by atoms with Gasteiger partial charge in [0.05, 0.1) is 16.4 Å². The molecule has 154 valence electrons. The highest BCUT2D eigenvalue weighted by molar-refractivity contribution is 8.00. The zero-order valence-electron chi connectivity index (χ0n) is 16.6. The summed E-state index contributed by atoms with van der Waals surface area (Å²) < 4.78 is 26.7. The van der Waals surface area contributed by atoms with Gasteiger partial charge in [0.25, 0.3) is 0 Å². The van der Waals surface area contributed by atoms with E-state index in [2.05, 4.69) is 10.5 Å². The summed E-state index contributed by atoms with van der Waals surface area (Å²) in [6.45, 7) is 4.96. The molecule has 0 atom stereocenters. The lowest BCUT2D eigenvalue weighted by atomic mass is 10.1. The second kappa shape index (κ2) is 9.56. The zero-order chi connectivity index (χ0) is 20.9. The molecule has 1 heterocycles. The van der Waals surface area contributed by atoms with Crippen LogP contribution in [-0.2, 0) is 14.8 Å². The second-order valence-electron chi connectivity index (χ2n) is 6.97. The van der Waals surface area contributed by atoms with Crippen molar-refractivity contribution in [2.45, 2.75) is 36.5 Å². The van der Waals surface area contributed by atoms with Gasteiger partial charge in [-0.05, 0) is 56.5 Å². The number of rotatable bonds is 7. The molecule has 1 aliphatic rings. The minimum Gasteiger partial charge on any atom is -0.272 e. The predicted molar refractivity (Wildman–Crippen MR) is 117 cm³/mol. The van der Waals surface area contributed by atoms with Gasteiger partial charge < -0.3 is 0 Å². The van der Waals surface area contributed by atoms with E-state index in [1.807, 2.05) is 31.2 Å². The smallest absolute Gasteiger partial charge is 0.250 e. The maximum absolute atomic E-state index is 12.6. The molecule has 0 radical (unpaired) electrons. The number of benzene rings is 2. The Balaban J connectivity index is 1.56. The average molecular weight is 432 g/mol. The molecule has 0 bridgehead atoms. The van der Waals surface area contributed by atoms with Crippen LogP contribution in [0, 0.1) is 6.92 Å². The molecule has 29 heavy (non-hydrogen) atoms. The summed E-state index contributed by atoms with van der Waals surface area (Å²) in [7, 11) is -3.42. The van der Waals surface area contributed by atoms with Gasteiger partial charge in [-0.1, -0.05) is 29.8 Å². The van der Waals surface area contributed by atoms with E-state index in [1.54, 1.807) is 31.2 Å². The molecule has 0 aliphatic carbocycles. The van der Waals surface area contributed by atoms with Gasteiger partial charge in [0.2, 0.25) is 15.9 Å². The number of carbonyl (C=O) groups is 1. The molecule has 2 aromatic carbocycles. The number of nitrogens with one attached hydrogen (secondary N) is 1. The first-order valence-corrected chi connectivity index (χ1v) is 11.9. The van der Waals surface area contributed by atoms with Crippen LogP contribution in [0.15, 0.2) is 63.4 Å². The van der Waals surface area contributed by atoms with E-state index in [-0.39, 0.29) is 16.6 Å². The third-order valence-corrected chi connectivity index (χ3v) is 7.64. The van der Waals surface area contributed by atoms with Crippen LogP contribution in [0.4, 0.5) is 0 Å². The third kappa shape index (κ3) is 5.68. The van der Waals surface area contributed by atoms with Crippen LogP contribution in [0.1, 0.15) is 30.9 Å². The maximum Gasteiger partial charge on any atom is 0.250 e. The molecular formula is C21H25N3O3S2. The van der Waals surface area contributed by atoms with E-state index in [1.165, 1.54) is 21.6 Å². The lowest BCUT2D eigenvalue weighted by molar-refractivity contribution is -0.118. The zero-order valence-corrected chi connectivity index (χ0v) is 18.2. The molecule has 6 nitrogen and oxygen atoms in total. The van der Waals surface area contributed by atoms with Gasteiger partial charge in [-0.25, -0.2) is 13.8 Å². The Bertz CT molecular complexity index is 979. The topological polar surface area (TPSA) is 78.8 Å². The fourth-order valence-corrected chi connectivity index (χ4v) is 5.18. The molecule has 0 saturated carbocycles. The average Bonchev–Trinajstić information content (AvgIpc) is 3.27. The molecule has 2 aromatic rings. The summed E-state index contributed by atoms with van der Waals surface area (Å²) in [5.74, 6) is 0.0792. The lowest BCUT2D eigenvalue weighted by Crippen LogP contribution is -2.27. The van der Waals surface area contributed by atoms with Gasteiger partial charge in [-0.15, -0.1) is 11.8 Å². The minimum atomic E-state index is -3.42. The van der Waals surface area contributed by atoms with Gasteiger partial charge in [-0.2, -0.15) is 9.41 Å². The van der Waals surface area contributed by atoms with Gasteiger partial charge in [0, 0.05) is 18.0 Å². The van der Waals surface area contributed by atoms with Crippen LogP contribution in [0.5, 0.6) is 0 Å². The number of sulfonamides is 1. The van der Waals surface area contributed by atoms with Gasteiger partial charge >= 0.3 is 0 Å². The molecule has 1 saturated heterocycles. The molecule has 0 unspecified atom stereocenters. The largest absolute Gasteiger partial charge is 0.272 e. The van der Waals surface area contributed by atoms with E-state index < -0.39 is 10.0 Å². The number of carbonyl (C=O) groups excluding carboxylic acids is 1. The summed E-state index contributed by atoms with van der Waals surface area (Å²) in [4.78, 5) is 13.3. The van der Waals surface area contributed by atoms with Crippen molar-refractivity contribution in [3.8, 4) is 0 Å². The number of hydrogen-bond donors (Lipinski definition) is 1. The Morgan fingerprint density at radius 3 is 2.31 bits per heavy atom. The number of hydrazone groups is 1.